The summed E-state index contributed by atoms with van der Waals surface area (Å²) in [4.78, 5) is 17.5. The van der Waals surface area contributed by atoms with Gasteiger partial charge in [0.2, 0.25) is 0 Å². The van der Waals surface area contributed by atoms with E-state index in [0.717, 1.165) is 24.1 Å². The number of hydrogen-bond acceptors (Lipinski definition) is 4. The highest BCUT2D eigenvalue weighted by atomic mass is 16.3. The van der Waals surface area contributed by atoms with Gasteiger partial charge in [0.05, 0.1) is 11.8 Å². The van der Waals surface area contributed by atoms with E-state index in [1.807, 2.05) is 24.3 Å². The summed E-state index contributed by atoms with van der Waals surface area (Å²) in [7, 11) is 1.70. The zero-order valence-corrected chi connectivity index (χ0v) is 13.1. The standard InChI is InChI=1S/C16H21N5O2/c1-20(9-15(22)13-4-5-13)16(23)18-8-12-2-6-14(7-3-12)21-11-17-10-19-21/h2-3,6-7,10-11,13,15,22H,4-5,8-9H2,1H3,(H,18,23). The number of likely N-dealkylation sites (N-methyl/N-ethyl adjacent to an activating group) is 1. The van der Waals surface area contributed by atoms with Crippen molar-refractivity contribution < 1.29 is 9.90 Å². The molecule has 1 fully saturated rings. The van der Waals surface area contributed by atoms with E-state index in [1.54, 1.807) is 18.1 Å². The Bertz CT molecular complexity index is 637. The van der Waals surface area contributed by atoms with Gasteiger partial charge in [0.15, 0.2) is 0 Å². The molecule has 3 rings (SSSR count). The van der Waals surface area contributed by atoms with Crippen molar-refractivity contribution in [1.82, 2.24) is 25.0 Å². The first kappa shape index (κ1) is 15.5. The number of carbonyl (C=O) groups excluding carboxylic acids is 1. The van der Waals surface area contributed by atoms with Crippen LogP contribution in [-0.4, -0.2) is 50.5 Å². The van der Waals surface area contributed by atoms with Gasteiger partial charge in [-0.2, -0.15) is 5.10 Å². The summed E-state index contributed by atoms with van der Waals surface area (Å²) in [6, 6.07) is 7.56. The number of amides is 2. The Labute approximate surface area is 134 Å². The fourth-order valence-corrected chi connectivity index (χ4v) is 2.41. The average Bonchev–Trinajstić information content (AvgIpc) is 3.28. The topological polar surface area (TPSA) is 83.3 Å². The number of rotatable bonds is 6. The van der Waals surface area contributed by atoms with E-state index in [0.29, 0.717) is 19.0 Å². The number of nitrogens with one attached hydrogen (secondary N) is 1. The smallest absolute Gasteiger partial charge is 0.317 e. The number of benzene rings is 1. The molecule has 1 aromatic carbocycles. The molecule has 1 aliphatic carbocycles. The summed E-state index contributed by atoms with van der Waals surface area (Å²) in [5.74, 6) is 0.370. The summed E-state index contributed by atoms with van der Waals surface area (Å²) >= 11 is 0. The van der Waals surface area contributed by atoms with E-state index in [2.05, 4.69) is 15.4 Å². The van der Waals surface area contributed by atoms with Crippen LogP contribution in [0.25, 0.3) is 5.69 Å². The van der Waals surface area contributed by atoms with Crippen molar-refractivity contribution in [2.75, 3.05) is 13.6 Å². The van der Waals surface area contributed by atoms with Crippen LogP contribution in [0, 0.1) is 5.92 Å². The minimum Gasteiger partial charge on any atom is -0.391 e. The van der Waals surface area contributed by atoms with Gasteiger partial charge in [-0.25, -0.2) is 14.5 Å². The first-order valence-electron chi connectivity index (χ1n) is 7.74. The third-order valence-corrected chi connectivity index (χ3v) is 4.04. The first-order chi connectivity index (χ1) is 11.1. The molecule has 0 spiro atoms. The molecule has 1 atom stereocenters. The van der Waals surface area contributed by atoms with Crippen LogP contribution in [0.2, 0.25) is 0 Å². The number of nitrogens with zero attached hydrogens (tertiary/aromatic N) is 4. The van der Waals surface area contributed by atoms with Crippen molar-refractivity contribution in [1.29, 1.82) is 0 Å². The van der Waals surface area contributed by atoms with Crippen molar-refractivity contribution in [3.63, 3.8) is 0 Å². The molecule has 0 aliphatic heterocycles. The second-order valence-corrected chi connectivity index (χ2v) is 5.95. The molecule has 7 nitrogen and oxygen atoms in total. The maximum Gasteiger partial charge on any atom is 0.317 e. The number of urea groups is 1. The van der Waals surface area contributed by atoms with Gasteiger partial charge < -0.3 is 15.3 Å². The molecule has 0 bridgehead atoms. The van der Waals surface area contributed by atoms with E-state index < -0.39 is 6.10 Å². The van der Waals surface area contributed by atoms with Gasteiger partial charge in [0.25, 0.3) is 0 Å². The summed E-state index contributed by atoms with van der Waals surface area (Å²) in [5, 5.41) is 16.8. The Hall–Kier alpha value is -2.41. The molecule has 7 heteroatoms. The molecule has 0 radical (unpaired) electrons. The number of hydrogen-bond donors (Lipinski definition) is 2. The largest absolute Gasteiger partial charge is 0.391 e. The zero-order chi connectivity index (χ0) is 16.2. The highest BCUT2D eigenvalue weighted by molar-refractivity contribution is 5.73. The summed E-state index contributed by atoms with van der Waals surface area (Å²) in [5.41, 5.74) is 1.92. The van der Waals surface area contributed by atoms with Crippen molar-refractivity contribution in [3.05, 3.63) is 42.5 Å². The molecular weight excluding hydrogens is 294 g/mol. The van der Waals surface area contributed by atoms with Crippen molar-refractivity contribution >= 4 is 6.03 Å². The molecule has 0 saturated heterocycles. The minimum absolute atomic E-state index is 0.176. The lowest BCUT2D eigenvalue weighted by atomic mass is 10.2. The molecule has 122 valence electrons. The Morgan fingerprint density at radius 2 is 2.17 bits per heavy atom. The second-order valence-electron chi connectivity index (χ2n) is 5.95. The van der Waals surface area contributed by atoms with Crippen LogP contribution in [0.3, 0.4) is 0 Å². The Balaban J connectivity index is 1.48. The Kier molecular flexibility index (Phi) is 4.57. The number of aromatic nitrogens is 3. The highest BCUT2D eigenvalue weighted by Crippen LogP contribution is 2.32. The Morgan fingerprint density at radius 1 is 1.43 bits per heavy atom. The molecule has 2 aromatic rings. The summed E-state index contributed by atoms with van der Waals surface area (Å²) in [6.07, 6.45) is 4.84. The van der Waals surface area contributed by atoms with E-state index >= 15 is 0 Å². The van der Waals surface area contributed by atoms with Gasteiger partial charge in [-0.15, -0.1) is 0 Å². The first-order valence-corrected chi connectivity index (χ1v) is 7.74. The fraction of sp³-hybridized carbons (Fsp3) is 0.438. The van der Waals surface area contributed by atoms with Crippen molar-refractivity contribution in [2.24, 2.45) is 5.92 Å². The lowest BCUT2D eigenvalue weighted by Crippen LogP contribution is -2.41. The molecule has 23 heavy (non-hydrogen) atoms. The predicted molar refractivity (Wildman–Crippen MR) is 85.0 cm³/mol. The number of aliphatic hydroxyl groups excluding tert-OH is 1. The normalized spacial score (nSPS) is 15.2. The highest BCUT2D eigenvalue weighted by Gasteiger charge is 2.31. The third-order valence-electron chi connectivity index (χ3n) is 4.04. The van der Waals surface area contributed by atoms with Crippen LogP contribution in [0.4, 0.5) is 4.79 Å². The Morgan fingerprint density at radius 3 is 2.78 bits per heavy atom. The summed E-state index contributed by atoms with van der Waals surface area (Å²) in [6.45, 7) is 0.821. The molecule has 1 aliphatic rings. The van der Waals surface area contributed by atoms with Crippen molar-refractivity contribution in [2.45, 2.75) is 25.5 Å². The van der Waals surface area contributed by atoms with Gasteiger partial charge in [0, 0.05) is 20.1 Å². The van der Waals surface area contributed by atoms with Gasteiger partial charge in [-0.1, -0.05) is 12.1 Å². The van der Waals surface area contributed by atoms with Gasteiger partial charge in [-0.05, 0) is 36.5 Å². The van der Waals surface area contributed by atoms with Crippen LogP contribution < -0.4 is 5.32 Å². The van der Waals surface area contributed by atoms with Crippen LogP contribution in [0.5, 0.6) is 0 Å². The van der Waals surface area contributed by atoms with Crippen LogP contribution in [-0.2, 0) is 6.54 Å². The monoisotopic (exact) mass is 315 g/mol. The molecule has 1 heterocycles. The fourth-order valence-electron chi connectivity index (χ4n) is 2.41. The van der Waals surface area contributed by atoms with Crippen LogP contribution in [0.1, 0.15) is 18.4 Å². The predicted octanol–water partition coefficient (Wildman–Crippen LogP) is 1.18. The van der Waals surface area contributed by atoms with Crippen LogP contribution >= 0.6 is 0 Å². The molecule has 1 saturated carbocycles. The maximum atomic E-state index is 12.0. The van der Waals surface area contributed by atoms with Gasteiger partial charge in [-0.3, -0.25) is 0 Å². The summed E-state index contributed by atoms with van der Waals surface area (Å²) < 4.78 is 1.68. The molecule has 2 N–H and O–H groups in total. The quantitative estimate of drug-likeness (QED) is 0.838. The maximum absolute atomic E-state index is 12.0. The second kappa shape index (κ2) is 6.78. The van der Waals surface area contributed by atoms with E-state index in [9.17, 15) is 9.90 Å². The minimum atomic E-state index is -0.410. The van der Waals surface area contributed by atoms with E-state index in [-0.39, 0.29) is 6.03 Å². The number of carbonyl (C=O) groups is 1. The van der Waals surface area contributed by atoms with Gasteiger partial charge in [0.1, 0.15) is 12.7 Å². The lowest BCUT2D eigenvalue weighted by molar-refractivity contribution is 0.113. The number of aliphatic hydroxyl groups is 1. The SMILES string of the molecule is CN(CC(O)C1CC1)C(=O)NCc1ccc(-n2cncn2)cc1. The van der Waals surface area contributed by atoms with E-state index in [1.165, 1.54) is 11.2 Å². The average molecular weight is 315 g/mol. The molecule has 2 amide bonds. The zero-order valence-electron chi connectivity index (χ0n) is 13.1. The molecular formula is C16H21N5O2. The van der Waals surface area contributed by atoms with Crippen molar-refractivity contribution in [3.8, 4) is 5.69 Å². The van der Waals surface area contributed by atoms with Gasteiger partial charge >= 0.3 is 6.03 Å². The molecule has 1 unspecified atom stereocenters. The van der Waals surface area contributed by atoms with Crippen LogP contribution in [0.15, 0.2) is 36.9 Å². The third kappa shape index (κ3) is 4.07. The lowest BCUT2D eigenvalue weighted by Gasteiger charge is -2.21. The molecule has 1 aromatic heterocycles. The van der Waals surface area contributed by atoms with E-state index in [4.69, 9.17) is 0 Å².